The molecule has 0 saturated heterocycles. The minimum Gasteiger partial charge on any atom is -0.376 e. The van der Waals surface area contributed by atoms with E-state index in [0.717, 1.165) is 5.69 Å². The Balaban J connectivity index is 1.79. The third-order valence-corrected chi connectivity index (χ3v) is 3.67. The highest BCUT2D eigenvalue weighted by molar-refractivity contribution is 9.10. The molecule has 0 heterocycles. The fraction of sp³-hybridized carbons (Fsp3) is 0.0667. The van der Waals surface area contributed by atoms with E-state index in [1.165, 1.54) is 0 Å². The number of benzene rings is 2. The first kappa shape index (κ1) is 16.3. The van der Waals surface area contributed by atoms with Crippen molar-refractivity contribution in [2.75, 3.05) is 11.9 Å². The number of hydrogen-bond acceptors (Lipinski definition) is 3. The molecule has 114 valence electrons. The standard InChI is InChI=1S/C15H13BrClN3O2/c16-13-4-2-1-3-12(13)15(22)20-19-14(21)9-18-11-7-5-10(17)6-8-11/h1-8,18H,9H2,(H,19,21)(H,20,22). The number of hydrogen-bond donors (Lipinski definition) is 3. The average Bonchev–Trinajstić information content (AvgIpc) is 2.52. The molecule has 0 atom stereocenters. The maximum Gasteiger partial charge on any atom is 0.270 e. The first-order valence-electron chi connectivity index (χ1n) is 6.39. The number of amides is 2. The van der Waals surface area contributed by atoms with Crippen LogP contribution in [-0.2, 0) is 4.79 Å². The topological polar surface area (TPSA) is 70.2 Å². The summed E-state index contributed by atoms with van der Waals surface area (Å²) in [6.45, 7) is 0.0257. The summed E-state index contributed by atoms with van der Waals surface area (Å²) in [5.74, 6) is -0.761. The predicted molar refractivity (Wildman–Crippen MR) is 89.7 cm³/mol. The first-order chi connectivity index (χ1) is 10.6. The Labute approximate surface area is 141 Å². The van der Waals surface area contributed by atoms with Gasteiger partial charge in [-0.15, -0.1) is 0 Å². The smallest absolute Gasteiger partial charge is 0.270 e. The molecule has 0 spiro atoms. The summed E-state index contributed by atoms with van der Waals surface area (Å²) in [6, 6.07) is 13.9. The third-order valence-electron chi connectivity index (χ3n) is 2.73. The fourth-order valence-electron chi connectivity index (χ4n) is 1.63. The Morgan fingerprint density at radius 2 is 1.68 bits per heavy atom. The SMILES string of the molecule is O=C(CNc1ccc(Cl)cc1)NNC(=O)c1ccccc1Br. The zero-order valence-electron chi connectivity index (χ0n) is 11.4. The minimum absolute atomic E-state index is 0.0257. The average molecular weight is 383 g/mol. The Morgan fingerprint density at radius 1 is 1.00 bits per heavy atom. The van der Waals surface area contributed by atoms with Crippen molar-refractivity contribution in [1.29, 1.82) is 0 Å². The quantitative estimate of drug-likeness (QED) is 0.712. The molecule has 0 saturated carbocycles. The molecule has 0 aliphatic rings. The summed E-state index contributed by atoms with van der Waals surface area (Å²) in [7, 11) is 0. The lowest BCUT2D eigenvalue weighted by Gasteiger charge is -2.10. The Morgan fingerprint density at radius 3 is 2.36 bits per heavy atom. The maximum atomic E-state index is 11.9. The number of carbonyl (C=O) groups excluding carboxylic acids is 2. The van der Waals surface area contributed by atoms with Crippen LogP contribution in [0, 0.1) is 0 Å². The van der Waals surface area contributed by atoms with Crippen LogP contribution < -0.4 is 16.2 Å². The highest BCUT2D eigenvalue weighted by Crippen LogP contribution is 2.15. The van der Waals surface area contributed by atoms with Crippen molar-refractivity contribution in [1.82, 2.24) is 10.9 Å². The molecule has 5 nitrogen and oxygen atoms in total. The summed E-state index contributed by atoms with van der Waals surface area (Å²) in [6.07, 6.45) is 0. The van der Waals surface area contributed by atoms with Crippen LogP contribution >= 0.6 is 27.5 Å². The van der Waals surface area contributed by atoms with Crippen molar-refractivity contribution < 1.29 is 9.59 Å². The molecule has 0 aliphatic carbocycles. The van der Waals surface area contributed by atoms with Gasteiger partial charge in [-0.2, -0.15) is 0 Å². The van der Waals surface area contributed by atoms with Gasteiger partial charge in [0, 0.05) is 15.2 Å². The van der Waals surface area contributed by atoms with E-state index < -0.39 is 5.91 Å². The lowest BCUT2D eigenvalue weighted by Crippen LogP contribution is -2.44. The number of carbonyl (C=O) groups is 2. The van der Waals surface area contributed by atoms with Crippen molar-refractivity contribution in [3.05, 3.63) is 63.6 Å². The molecule has 0 radical (unpaired) electrons. The van der Waals surface area contributed by atoms with Gasteiger partial charge in [0.05, 0.1) is 12.1 Å². The van der Waals surface area contributed by atoms with E-state index in [1.807, 2.05) is 0 Å². The van der Waals surface area contributed by atoms with Crippen LogP contribution in [0.3, 0.4) is 0 Å². The molecule has 0 bridgehead atoms. The number of halogens is 2. The molecule has 0 fully saturated rings. The molecule has 3 N–H and O–H groups in total. The third kappa shape index (κ3) is 4.75. The zero-order chi connectivity index (χ0) is 15.9. The van der Waals surface area contributed by atoms with E-state index in [4.69, 9.17) is 11.6 Å². The van der Waals surface area contributed by atoms with Gasteiger partial charge in [-0.05, 0) is 52.3 Å². The van der Waals surface area contributed by atoms with Crippen molar-refractivity contribution in [2.24, 2.45) is 0 Å². The van der Waals surface area contributed by atoms with Crippen LogP contribution in [-0.4, -0.2) is 18.4 Å². The van der Waals surface area contributed by atoms with Crippen LogP contribution in [0.4, 0.5) is 5.69 Å². The molecule has 2 aromatic rings. The number of rotatable bonds is 4. The Hall–Kier alpha value is -2.05. The second-order valence-electron chi connectivity index (χ2n) is 4.34. The van der Waals surface area contributed by atoms with Gasteiger partial charge in [-0.3, -0.25) is 20.4 Å². The highest BCUT2D eigenvalue weighted by Gasteiger charge is 2.10. The Bertz CT molecular complexity index is 677. The summed E-state index contributed by atoms with van der Waals surface area (Å²) in [5, 5.41) is 3.54. The monoisotopic (exact) mass is 381 g/mol. The molecular formula is C15H13BrClN3O2. The van der Waals surface area contributed by atoms with Crippen LogP contribution in [0.5, 0.6) is 0 Å². The van der Waals surface area contributed by atoms with Gasteiger partial charge in [0.25, 0.3) is 11.8 Å². The van der Waals surface area contributed by atoms with Crippen molar-refractivity contribution in [3.63, 3.8) is 0 Å². The molecular weight excluding hydrogens is 370 g/mol. The normalized spacial score (nSPS) is 9.91. The van der Waals surface area contributed by atoms with Gasteiger partial charge >= 0.3 is 0 Å². The van der Waals surface area contributed by atoms with Crippen molar-refractivity contribution in [3.8, 4) is 0 Å². The van der Waals surface area contributed by atoms with Crippen molar-refractivity contribution >= 4 is 45.0 Å². The van der Waals surface area contributed by atoms with E-state index in [0.29, 0.717) is 15.1 Å². The summed E-state index contributed by atoms with van der Waals surface area (Å²) in [5.41, 5.74) is 5.90. The molecule has 0 aliphatic heterocycles. The Kier molecular flexibility index (Phi) is 5.80. The van der Waals surface area contributed by atoms with Crippen LogP contribution in [0.15, 0.2) is 53.0 Å². The highest BCUT2D eigenvalue weighted by atomic mass is 79.9. The van der Waals surface area contributed by atoms with Crippen LogP contribution in [0.25, 0.3) is 0 Å². The van der Waals surface area contributed by atoms with E-state index in [2.05, 4.69) is 32.1 Å². The molecule has 0 unspecified atom stereocenters. The lowest BCUT2D eigenvalue weighted by molar-refractivity contribution is -0.120. The lowest BCUT2D eigenvalue weighted by atomic mass is 10.2. The number of hydrazine groups is 1. The zero-order valence-corrected chi connectivity index (χ0v) is 13.7. The van der Waals surface area contributed by atoms with Gasteiger partial charge in [-0.25, -0.2) is 0 Å². The fourth-order valence-corrected chi connectivity index (χ4v) is 2.22. The molecule has 2 amide bonds. The largest absolute Gasteiger partial charge is 0.376 e. The molecule has 7 heteroatoms. The van der Waals surface area contributed by atoms with E-state index in [1.54, 1.807) is 48.5 Å². The molecule has 0 aromatic heterocycles. The second-order valence-corrected chi connectivity index (χ2v) is 5.63. The number of anilines is 1. The predicted octanol–water partition coefficient (Wildman–Crippen LogP) is 2.98. The first-order valence-corrected chi connectivity index (χ1v) is 7.56. The van der Waals surface area contributed by atoms with Gasteiger partial charge in [0.15, 0.2) is 0 Å². The van der Waals surface area contributed by atoms with Gasteiger partial charge in [0.1, 0.15) is 0 Å². The summed E-state index contributed by atoms with van der Waals surface area (Å²) >= 11 is 9.05. The van der Waals surface area contributed by atoms with E-state index in [9.17, 15) is 9.59 Å². The van der Waals surface area contributed by atoms with Crippen LogP contribution in [0.1, 0.15) is 10.4 Å². The van der Waals surface area contributed by atoms with Gasteiger partial charge < -0.3 is 5.32 Å². The maximum absolute atomic E-state index is 11.9. The molecule has 2 rings (SSSR count). The second kappa shape index (κ2) is 7.82. The minimum atomic E-state index is -0.396. The van der Waals surface area contributed by atoms with Gasteiger partial charge in [0.2, 0.25) is 0 Å². The van der Waals surface area contributed by atoms with Crippen LogP contribution in [0.2, 0.25) is 5.02 Å². The van der Waals surface area contributed by atoms with Gasteiger partial charge in [-0.1, -0.05) is 23.7 Å². The number of nitrogens with one attached hydrogen (secondary N) is 3. The summed E-state index contributed by atoms with van der Waals surface area (Å²) in [4.78, 5) is 23.6. The molecule has 22 heavy (non-hydrogen) atoms. The van der Waals surface area contributed by atoms with E-state index >= 15 is 0 Å². The van der Waals surface area contributed by atoms with E-state index in [-0.39, 0.29) is 12.5 Å². The molecule has 2 aromatic carbocycles. The van der Waals surface area contributed by atoms with Crippen molar-refractivity contribution in [2.45, 2.75) is 0 Å². The summed E-state index contributed by atoms with van der Waals surface area (Å²) < 4.78 is 0.654.